The number of hydrogen-bond acceptors (Lipinski definition) is 3. The van der Waals surface area contributed by atoms with E-state index in [1.165, 1.54) is 34.9 Å². The quantitative estimate of drug-likeness (QED) is 0.149. The highest BCUT2D eigenvalue weighted by Gasteiger charge is 2.23. The van der Waals surface area contributed by atoms with Crippen LogP contribution < -0.4 is 10.6 Å². The normalized spacial score (nSPS) is 10.1. The monoisotopic (exact) mass is 548 g/mol. The Labute approximate surface area is 219 Å². The van der Waals surface area contributed by atoms with E-state index in [0.29, 0.717) is 0 Å². The van der Waals surface area contributed by atoms with Gasteiger partial charge in [0.1, 0.15) is 0 Å². The third kappa shape index (κ3) is 7.30. The Bertz CT molecular complexity index is 1140. The number of benzene rings is 4. The van der Waals surface area contributed by atoms with Gasteiger partial charge in [-0.05, 0) is 34.9 Å². The van der Waals surface area contributed by atoms with Gasteiger partial charge in [0.25, 0.3) is 0 Å². The molecule has 0 unspecified atom stereocenters. The highest BCUT2D eigenvalue weighted by atomic mass is 35.5. The molecule has 8 heteroatoms. The topological polar surface area (TPSA) is 43.4 Å². The molecule has 0 radical (unpaired) electrons. The smallest absolute Gasteiger partial charge is 0.349 e. The molecule has 0 amide bonds. The molecular formula is C26H17Cl4O3P. The first-order valence-corrected chi connectivity index (χ1v) is 12.4. The molecule has 0 N–H and O–H groups in total. The van der Waals surface area contributed by atoms with Crippen LogP contribution in [-0.4, -0.2) is 11.9 Å². The van der Waals surface area contributed by atoms with E-state index >= 15 is 0 Å². The third-order valence-corrected chi connectivity index (χ3v) is 6.86. The number of ether oxygens (including phenoxy) is 1. The maximum Gasteiger partial charge on any atom is 0.349 e. The summed E-state index contributed by atoms with van der Waals surface area (Å²) in [5, 5.41) is 3.09. The molecule has 0 bridgehead atoms. The molecule has 0 aliphatic heterocycles. The number of hydrogen-bond donors (Lipinski definition) is 0. The lowest BCUT2D eigenvalue weighted by molar-refractivity contribution is 0.0398. The Balaban J connectivity index is 0.000000212. The molecule has 0 aromatic heterocycles. The molecule has 0 heterocycles. The molecule has 4 aromatic rings. The van der Waals surface area contributed by atoms with E-state index in [4.69, 9.17) is 51.1 Å². The predicted octanol–water partition coefficient (Wildman–Crippen LogP) is 7.61. The standard InChI is InChI=1S/C14H6Cl4O3.C12H11P/c15-7-3-1-4-8(16)11(7)13(19)21-14(20)12-9(17)5-2-6-10(12)18;1-3-7-11(8-4-1)13-12-9-5-2-6-10-12/h1-6H;1-10,13H. The first-order chi connectivity index (χ1) is 16.4. The van der Waals surface area contributed by atoms with Crippen molar-refractivity contribution in [3.05, 3.63) is 128 Å². The van der Waals surface area contributed by atoms with Crippen molar-refractivity contribution in [3.63, 3.8) is 0 Å². The number of carbonyl (C=O) groups is 2. The Morgan fingerprint density at radius 2 is 0.824 bits per heavy atom. The summed E-state index contributed by atoms with van der Waals surface area (Å²) in [5.74, 6) is -1.96. The van der Waals surface area contributed by atoms with Crippen molar-refractivity contribution in [2.45, 2.75) is 0 Å². The molecule has 3 nitrogen and oxygen atoms in total. The Morgan fingerprint density at radius 3 is 1.15 bits per heavy atom. The summed E-state index contributed by atoms with van der Waals surface area (Å²) < 4.78 is 4.73. The van der Waals surface area contributed by atoms with Crippen molar-refractivity contribution in [3.8, 4) is 0 Å². The summed E-state index contributed by atoms with van der Waals surface area (Å²) >= 11 is 23.5. The minimum atomic E-state index is -0.980. The van der Waals surface area contributed by atoms with E-state index in [0.717, 1.165) is 8.58 Å². The zero-order valence-electron chi connectivity index (χ0n) is 17.5. The molecule has 4 rings (SSSR count). The summed E-state index contributed by atoms with van der Waals surface area (Å²) in [5.41, 5.74) is -0.199. The van der Waals surface area contributed by atoms with Crippen LogP contribution in [0.4, 0.5) is 0 Å². The molecule has 0 aliphatic rings. The van der Waals surface area contributed by atoms with Crippen LogP contribution in [0, 0.1) is 0 Å². The van der Waals surface area contributed by atoms with Gasteiger partial charge in [-0.1, -0.05) is 128 Å². The summed E-state index contributed by atoms with van der Waals surface area (Å²) in [6, 6.07) is 30.1. The average molecular weight is 550 g/mol. The first-order valence-electron chi connectivity index (χ1n) is 9.88. The SMILES string of the molecule is O=C(OC(=O)c1c(Cl)cccc1Cl)c1c(Cl)cccc1Cl.c1ccc(Pc2ccccc2)cc1. The predicted molar refractivity (Wildman–Crippen MR) is 143 cm³/mol. The number of carbonyl (C=O) groups excluding carboxylic acids is 2. The molecule has 0 saturated carbocycles. The number of rotatable bonds is 4. The summed E-state index contributed by atoms with van der Waals surface area (Å²) in [6.45, 7) is 0. The number of esters is 2. The molecule has 0 aliphatic carbocycles. The van der Waals surface area contributed by atoms with E-state index < -0.39 is 11.9 Å². The Hall–Kier alpha value is -2.39. The van der Waals surface area contributed by atoms with Crippen LogP contribution in [0.1, 0.15) is 20.7 Å². The van der Waals surface area contributed by atoms with Gasteiger partial charge in [0, 0.05) is 0 Å². The van der Waals surface area contributed by atoms with E-state index in [1.807, 2.05) is 0 Å². The van der Waals surface area contributed by atoms with Crippen molar-refractivity contribution in [2.24, 2.45) is 0 Å². The van der Waals surface area contributed by atoms with Crippen LogP contribution in [0.5, 0.6) is 0 Å². The van der Waals surface area contributed by atoms with Crippen molar-refractivity contribution in [2.75, 3.05) is 0 Å². The zero-order valence-corrected chi connectivity index (χ0v) is 21.5. The van der Waals surface area contributed by atoms with Crippen molar-refractivity contribution in [1.29, 1.82) is 0 Å². The van der Waals surface area contributed by atoms with E-state index in [9.17, 15) is 9.59 Å². The summed E-state index contributed by atoms with van der Waals surface area (Å²) in [4.78, 5) is 24.0. The van der Waals surface area contributed by atoms with Gasteiger partial charge >= 0.3 is 11.9 Å². The van der Waals surface area contributed by atoms with Gasteiger partial charge in [0.05, 0.1) is 31.2 Å². The van der Waals surface area contributed by atoms with E-state index in [2.05, 4.69) is 60.7 Å². The highest BCUT2D eigenvalue weighted by Crippen LogP contribution is 2.28. The van der Waals surface area contributed by atoms with E-state index in [-0.39, 0.29) is 31.2 Å². The first kappa shape index (κ1) is 26.2. The lowest BCUT2D eigenvalue weighted by Gasteiger charge is -2.08. The number of halogens is 4. The van der Waals surface area contributed by atoms with Gasteiger partial charge in [-0.25, -0.2) is 9.59 Å². The third-order valence-electron chi connectivity index (χ3n) is 4.36. The van der Waals surface area contributed by atoms with Gasteiger partial charge in [0.2, 0.25) is 0 Å². The lowest BCUT2D eigenvalue weighted by atomic mass is 10.2. The van der Waals surface area contributed by atoms with Crippen molar-refractivity contribution < 1.29 is 14.3 Å². The Kier molecular flexibility index (Phi) is 9.95. The van der Waals surface area contributed by atoms with Crippen LogP contribution in [0.2, 0.25) is 20.1 Å². The second-order valence-electron chi connectivity index (χ2n) is 6.73. The van der Waals surface area contributed by atoms with Gasteiger partial charge < -0.3 is 4.74 Å². The van der Waals surface area contributed by atoms with Gasteiger partial charge in [-0.3, -0.25) is 0 Å². The van der Waals surface area contributed by atoms with Crippen LogP contribution in [0.25, 0.3) is 0 Å². The largest absolute Gasteiger partial charge is 0.386 e. The average Bonchev–Trinajstić information content (AvgIpc) is 2.81. The van der Waals surface area contributed by atoms with Crippen LogP contribution in [-0.2, 0) is 4.74 Å². The molecule has 0 atom stereocenters. The van der Waals surface area contributed by atoms with Crippen LogP contribution in [0.3, 0.4) is 0 Å². The van der Waals surface area contributed by atoms with Crippen LogP contribution >= 0.6 is 55.0 Å². The van der Waals surface area contributed by atoms with Gasteiger partial charge in [0.15, 0.2) is 0 Å². The lowest BCUT2D eigenvalue weighted by Crippen LogP contribution is -2.14. The Morgan fingerprint density at radius 1 is 0.500 bits per heavy atom. The minimum absolute atomic E-state index is 0.0746. The molecule has 4 aromatic carbocycles. The maximum atomic E-state index is 12.0. The molecule has 0 fully saturated rings. The fraction of sp³-hybridized carbons (Fsp3) is 0. The molecule has 0 saturated heterocycles. The molecule has 34 heavy (non-hydrogen) atoms. The van der Waals surface area contributed by atoms with Crippen LogP contribution in [0.15, 0.2) is 97.1 Å². The summed E-state index contributed by atoms with van der Waals surface area (Å²) in [6.07, 6.45) is 0. The highest BCUT2D eigenvalue weighted by molar-refractivity contribution is 7.55. The van der Waals surface area contributed by atoms with Crippen molar-refractivity contribution in [1.82, 2.24) is 0 Å². The molecular weight excluding hydrogens is 533 g/mol. The fourth-order valence-corrected chi connectivity index (χ4v) is 4.94. The molecule has 0 spiro atoms. The zero-order chi connectivity index (χ0) is 24.5. The second kappa shape index (κ2) is 12.9. The van der Waals surface area contributed by atoms with Crippen molar-refractivity contribution >= 4 is 77.5 Å². The molecule has 172 valence electrons. The maximum absolute atomic E-state index is 12.0. The summed E-state index contributed by atoms with van der Waals surface area (Å²) in [7, 11) is 0.777. The minimum Gasteiger partial charge on any atom is -0.386 e. The van der Waals surface area contributed by atoms with Gasteiger partial charge in [-0.15, -0.1) is 0 Å². The fourth-order valence-electron chi connectivity index (χ4n) is 2.78. The second-order valence-corrected chi connectivity index (χ2v) is 9.76. The van der Waals surface area contributed by atoms with E-state index in [1.54, 1.807) is 12.1 Å². The van der Waals surface area contributed by atoms with Gasteiger partial charge in [-0.2, -0.15) is 0 Å².